The summed E-state index contributed by atoms with van der Waals surface area (Å²) in [7, 11) is 0. The summed E-state index contributed by atoms with van der Waals surface area (Å²) in [4.78, 5) is 23.7. The number of rotatable bonds is 5. The third kappa shape index (κ3) is 2.67. The van der Waals surface area contributed by atoms with Gasteiger partial charge in [-0.2, -0.15) is 0 Å². The molecule has 0 spiro atoms. The zero-order valence-electron chi connectivity index (χ0n) is 14.2. The second kappa shape index (κ2) is 6.52. The molecule has 0 unspecified atom stereocenters. The number of carbonyl (C=O) groups excluding carboxylic acids is 1. The molecule has 130 valence electrons. The molecule has 0 atom stereocenters. The molecule has 2 aromatic carbocycles. The number of carbonyl (C=O) groups is 1. The number of hydrogen-bond acceptors (Lipinski definition) is 5. The van der Waals surface area contributed by atoms with Gasteiger partial charge in [-0.25, -0.2) is 0 Å². The molecule has 0 aliphatic rings. The highest BCUT2D eigenvalue weighted by Crippen LogP contribution is 2.30. The highest BCUT2D eigenvalue weighted by Gasteiger charge is 2.16. The van der Waals surface area contributed by atoms with E-state index in [0.717, 1.165) is 17.4 Å². The van der Waals surface area contributed by atoms with Crippen LogP contribution >= 0.6 is 0 Å². The van der Waals surface area contributed by atoms with Crippen LogP contribution in [0.5, 0.6) is 5.75 Å². The largest absolute Gasteiger partial charge is 0.463 e. The Kier molecular flexibility index (Phi) is 4.05. The molecule has 2 aromatic heterocycles. The smallest absolute Gasteiger partial charge is 0.298 e. The molecule has 2 heterocycles. The second-order valence-corrected chi connectivity index (χ2v) is 6.05. The van der Waals surface area contributed by atoms with Gasteiger partial charge in [-0.05, 0) is 30.2 Å². The summed E-state index contributed by atoms with van der Waals surface area (Å²) in [5.41, 5.74) is 2.05. The van der Waals surface area contributed by atoms with Crippen molar-refractivity contribution >= 4 is 28.4 Å². The van der Waals surface area contributed by atoms with Crippen LogP contribution in [0.1, 0.15) is 18.9 Å². The number of para-hydroxylation sites is 1. The minimum Gasteiger partial charge on any atom is -0.463 e. The standard InChI is InChI=1S/C21H16O5/c1-2-5-13-8-15-19(10-18(13)25-12-22)24-11-16(21(15)23)20-9-14-6-3-4-7-17(14)26-20/h3-4,6-12H,2,5H2,1H3. The topological polar surface area (TPSA) is 69.7 Å². The zero-order valence-corrected chi connectivity index (χ0v) is 14.2. The van der Waals surface area contributed by atoms with Crippen LogP contribution in [0.3, 0.4) is 0 Å². The van der Waals surface area contributed by atoms with E-state index in [1.54, 1.807) is 12.1 Å². The van der Waals surface area contributed by atoms with Crippen LogP contribution in [0.2, 0.25) is 0 Å². The summed E-state index contributed by atoms with van der Waals surface area (Å²) in [6, 6.07) is 12.7. The lowest BCUT2D eigenvalue weighted by Gasteiger charge is -2.08. The van der Waals surface area contributed by atoms with E-state index < -0.39 is 0 Å². The van der Waals surface area contributed by atoms with E-state index in [4.69, 9.17) is 13.6 Å². The molecular weight excluding hydrogens is 332 g/mol. The van der Waals surface area contributed by atoms with E-state index in [0.29, 0.717) is 46.5 Å². The van der Waals surface area contributed by atoms with Gasteiger partial charge in [-0.1, -0.05) is 31.5 Å². The molecule has 0 aliphatic carbocycles. The summed E-state index contributed by atoms with van der Waals surface area (Å²) in [6.45, 7) is 2.39. The molecule has 0 aliphatic heterocycles. The first-order chi connectivity index (χ1) is 12.7. The predicted octanol–water partition coefficient (Wildman–Crippen LogP) is 4.69. The summed E-state index contributed by atoms with van der Waals surface area (Å²) < 4.78 is 16.5. The fraction of sp³-hybridized carbons (Fsp3) is 0.143. The molecule has 4 rings (SSSR count). The van der Waals surface area contributed by atoms with Crippen LogP contribution in [0.4, 0.5) is 0 Å². The number of benzene rings is 2. The van der Waals surface area contributed by atoms with Gasteiger partial charge in [0.15, 0.2) is 0 Å². The van der Waals surface area contributed by atoms with E-state index in [2.05, 4.69) is 0 Å². The molecule has 0 saturated heterocycles. The van der Waals surface area contributed by atoms with Crippen LogP contribution in [0.25, 0.3) is 33.3 Å². The molecule has 0 radical (unpaired) electrons. The number of fused-ring (bicyclic) bond motifs is 2. The Morgan fingerprint density at radius 3 is 2.73 bits per heavy atom. The van der Waals surface area contributed by atoms with Crippen molar-refractivity contribution in [1.29, 1.82) is 0 Å². The lowest BCUT2D eigenvalue weighted by atomic mass is 10.0. The van der Waals surface area contributed by atoms with E-state index >= 15 is 0 Å². The van der Waals surface area contributed by atoms with Crippen molar-refractivity contribution in [2.24, 2.45) is 0 Å². The Morgan fingerprint density at radius 2 is 1.96 bits per heavy atom. The third-order valence-electron chi connectivity index (χ3n) is 4.34. The average Bonchev–Trinajstić information content (AvgIpc) is 3.07. The Bertz CT molecular complexity index is 1130. The van der Waals surface area contributed by atoms with Crippen molar-refractivity contribution in [3.05, 3.63) is 64.5 Å². The van der Waals surface area contributed by atoms with E-state index in [1.165, 1.54) is 6.26 Å². The first-order valence-corrected chi connectivity index (χ1v) is 8.39. The van der Waals surface area contributed by atoms with Crippen LogP contribution < -0.4 is 10.2 Å². The zero-order chi connectivity index (χ0) is 18.1. The van der Waals surface area contributed by atoms with Crippen molar-refractivity contribution in [2.45, 2.75) is 19.8 Å². The molecule has 4 aromatic rings. The van der Waals surface area contributed by atoms with E-state index in [1.807, 2.05) is 37.3 Å². The summed E-state index contributed by atoms with van der Waals surface area (Å²) in [6.07, 6.45) is 2.93. The normalized spacial score (nSPS) is 11.1. The Labute approximate surface area is 148 Å². The lowest BCUT2D eigenvalue weighted by Crippen LogP contribution is -2.06. The van der Waals surface area contributed by atoms with Gasteiger partial charge in [-0.15, -0.1) is 0 Å². The Hall–Kier alpha value is -3.34. The van der Waals surface area contributed by atoms with Crippen LogP contribution in [-0.2, 0) is 11.2 Å². The van der Waals surface area contributed by atoms with Gasteiger partial charge in [0.05, 0.1) is 5.39 Å². The molecule has 5 heteroatoms. The minimum atomic E-state index is -0.180. The van der Waals surface area contributed by atoms with Crippen molar-refractivity contribution in [1.82, 2.24) is 0 Å². The molecular formula is C21H16O5. The lowest BCUT2D eigenvalue weighted by molar-refractivity contribution is -0.120. The maximum Gasteiger partial charge on any atom is 0.298 e. The Balaban J connectivity index is 1.92. The fourth-order valence-corrected chi connectivity index (χ4v) is 3.11. The minimum absolute atomic E-state index is 0.180. The quantitative estimate of drug-likeness (QED) is 0.489. The van der Waals surface area contributed by atoms with Gasteiger partial charge >= 0.3 is 0 Å². The maximum absolute atomic E-state index is 13.0. The van der Waals surface area contributed by atoms with Gasteiger partial charge < -0.3 is 13.6 Å². The van der Waals surface area contributed by atoms with Gasteiger partial charge in [0, 0.05) is 11.5 Å². The van der Waals surface area contributed by atoms with Crippen LogP contribution in [0, 0.1) is 0 Å². The first kappa shape index (κ1) is 16.1. The van der Waals surface area contributed by atoms with Crippen LogP contribution in [0.15, 0.2) is 62.4 Å². The monoisotopic (exact) mass is 348 g/mol. The number of ether oxygens (including phenoxy) is 1. The van der Waals surface area contributed by atoms with Crippen molar-refractivity contribution in [3.63, 3.8) is 0 Å². The number of furan rings is 1. The van der Waals surface area contributed by atoms with E-state index in [9.17, 15) is 9.59 Å². The third-order valence-corrected chi connectivity index (χ3v) is 4.34. The number of hydrogen-bond donors (Lipinski definition) is 0. The van der Waals surface area contributed by atoms with Gasteiger partial charge in [0.2, 0.25) is 5.43 Å². The van der Waals surface area contributed by atoms with Gasteiger partial charge in [0.25, 0.3) is 6.47 Å². The first-order valence-electron chi connectivity index (χ1n) is 8.39. The molecule has 0 amide bonds. The molecule has 0 fully saturated rings. The molecule has 0 saturated carbocycles. The molecule has 5 nitrogen and oxygen atoms in total. The van der Waals surface area contributed by atoms with Gasteiger partial charge in [0.1, 0.15) is 34.5 Å². The SMILES string of the molecule is CCCc1cc2c(=O)c(-c3cc4ccccc4o3)coc2cc1OC=O. The van der Waals surface area contributed by atoms with E-state index in [-0.39, 0.29) is 5.43 Å². The van der Waals surface area contributed by atoms with Crippen molar-refractivity contribution in [2.75, 3.05) is 0 Å². The fourth-order valence-electron chi connectivity index (χ4n) is 3.11. The molecule has 26 heavy (non-hydrogen) atoms. The number of aryl methyl sites for hydroxylation is 1. The molecule has 0 N–H and O–H groups in total. The molecule has 0 bridgehead atoms. The Morgan fingerprint density at radius 1 is 1.12 bits per heavy atom. The maximum atomic E-state index is 13.0. The highest BCUT2D eigenvalue weighted by molar-refractivity contribution is 5.86. The summed E-state index contributed by atoms with van der Waals surface area (Å²) in [5.74, 6) is 0.876. The summed E-state index contributed by atoms with van der Waals surface area (Å²) in [5, 5.41) is 1.35. The summed E-state index contributed by atoms with van der Waals surface area (Å²) >= 11 is 0. The van der Waals surface area contributed by atoms with Crippen molar-refractivity contribution < 1.29 is 18.4 Å². The second-order valence-electron chi connectivity index (χ2n) is 6.05. The average molecular weight is 348 g/mol. The van der Waals surface area contributed by atoms with Gasteiger partial charge in [-0.3, -0.25) is 9.59 Å². The highest BCUT2D eigenvalue weighted by atomic mass is 16.5. The predicted molar refractivity (Wildman–Crippen MR) is 98.4 cm³/mol. The van der Waals surface area contributed by atoms with Crippen LogP contribution in [-0.4, -0.2) is 6.47 Å². The van der Waals surface area contributed by atoms with Crippen molar-refractivity contribution in [3.8, 4) is 17.1 Å².